The van der Waals surface area contributed by atoms with E-state index >= 15 is 0 Å². The van der Waals surface area contributed by atoms with Crippen LogP contribution >= 0.6 is 0 Å². The molecule has 0 aromatic rings. The van der Waals surface area contributed by atoms with Gasteiger partial charge in [-0.2, -0.15) is 0 Å². The average molecular weight is 236 g/mol. The van der Waals surface area contributed by atoms with E-state index < -0.39 is 29.6 Å². The van der Waals surface area contributed by atoms with Gasteiger partial charge < -0.3 is 19.3 Å². The summed E-state index contributed by atoms with van der Waals surface area (Å²) in [6.07, 6.45) is -2.51. The number of halogens is 1. The molecule has 0 saturated carbocycles. The summed E-state index contributed by atoms with van der Waals surface area (Å²) in [6, 6.07) is 0. The minimum atomic E-state index is -2.51. The van der Waals surface area contributed by atoms with Crippen LogP contribution in [0, 0.1) is 0 Å². The Bertz CT molecular complexity index is 276. The Balaban J connectivity index is 2.71. The standard InChI is InChI=1S/C10H17FO5/c1-9(2)15-5-6(16-9)7(12)10(3,11)8(13)14-4/h6-7,12H,5H2,1-4H3/t6?,7-,10?/m1/s1. The smallest absolute Gasteiger partial charge is 0.346 e. The van der Waals surface area contributed by atoms with Crippen LogP contribution in [0.3, 0.4) is 0 Å². The first kappa shape index (κ1) is 13.3. The monoisotopic (exact) mass is 236 g/mol. The molecule has 0 aliphatic carbocycles. The largest absolute Gasteiger partial charge is 0.467 e. The number of methoxy groups -OCH3 is 1. The third-order valence-corrected chi connectivity index (χ3v) is 2.52. The van der Waals surface area contributed by atoms with E-state index in [1.165, 1.54) is 0 Å². The number of carbonyl (C=O) groups is 1. The summed E-state index contributed by atoms with van der Waals surface area (Å²) in [5, 5.41) is 9.73. The van der Waals surface area contributed by atoms with Gasteiger partial charge in [0.15, 0.2) is 5.79 Å². The lowest BCUT2D eigenvalue weighted by molar-refractivity contribution is -0.181. The summed E-state index contributed by atoms with van der Waals surface area (Å²) in [5.41, 5.74) is -2.51. The van der Waals surface area contributed by atoms with Crippen LogP contribution in [0.25, 0.3) is 0 Å². The van der Waals surface area contributed by atoms with Gasteiger partial charge in [0, 0.05) is 0 Å². The van der Waals surface area contributed by atoms with Crippen molar-refractivity contribution in [1.82, 2.24) is 0 Å². The van der Waals surface area contributed by atoms with Crippen LogP contribution in [0.4, 0.5) is 4.39 Å². The molecule has 0 radical (unpaired) electrons. The van der Waals surface area contributed by atoms with Crippen molar-refractivity contribution in [3.63, 3.8) is 0 Å². The topological polar surface area (TPSA) is 65.0 Å². The van der Waals surface area contributed by atoms with Crippen LogP contribution in [-0.2, 0) is 19.0 Å². The molecule has 0 aromatic carbocycles. The molecule has 1 aliphatic rings. The Labute approximate surface area is 93.5 Å². The summed E-state index contributed by atoms with van der Waals surface area (Å²) in [5.74, 6) is -2.01. The predicted octanol–water partition coefficient (Wildman–Crippen LogP) is 0.400. The Kier molecular flexibility index (Phi) is 3.56. The van der Waals surface area contributed by atoms with E-state index in [-0.39, 0.29) is 6.61 Å². The van der Waals surface area contributed by atoms with E-state index in [1.54, 1.807) is 13.8 Å². The lowest BCUT2D eigenvalue weighted by Gasteiger charge is -2.27. The van der Waals surface area contributed by atoms with Crippen molar-refractivity contribution < 1.29 is 28.5 Å². The predicted molar refractivity (Wildman–Crippen MR) is 52.4 cm³/mol. The van der Waals surface area contributed by atoms with Crippen molar-refractivity contribution >= 4 is 5.97 Å². The van der Waals surface area contributed by atoms with Crippen molar-refractivity contribution in [2.75, 3.05) is 13.7 Å². The number of aliphatic hydroxyl groups is 1. The van der Waals surface area contributed by atoms with Crippen molar-refractivity contribution in [3.8, 4) is 0 Å². The fourth-order valence-electron chi connectivity index (χ4n) is 1.54. The maximum atomic E-state index is 13.9. The Morgan fingerprint density at radius 3 is 2.62 bits per heavy atom. The zero-order valence-corrected chi connectivity index (χ0v) is 9.82. The molecule has 94 valence electrons. The van der Waals surface area contributed by atoms with Gasteiger partial charge in [-0.05, 0) is 20.8 Å². The average Bonchev–Trinajstić information content (AvgIpc) is 2.56. The van der Waals surface area contributed by atoms with Gasteiger partial charge in [0.2, 0.25) is 5.67 Å². The highest BCUT2D eigenvalue weighted by atomic mass is 19.1. The number of hydrogen-bond acceptors (Lipinski definition) is 5. The first-order chi connectivity index (χ1) is 7.20. The van der Waals surface area contributed by atoms with Crippen molar-refractivity contribution in [1.29, 1.82) is 0 Å². The highest BCUT2D eigenvalue weighted by Gasteiger charge is 2.50. The normalized spacial score (nSPS) is 29.5. The number of aliphatic hydroxyl groups excluding tert-OH is 1. The molecular weight excluding hydrogens is 219 g/mol. The number of alkyl halides is 1. The van der Waals surface area contributed by atoms with Gasteiger partial charge in [0.05, 0.1) is 13.7 Å². The van der Waals surface area contributed by atoms with E-state index in [4.69, 9.17) is 9.47 Å². The SMILES string of the molecule is COC(=O)C(C)(F)[C@H](O)C1COC(C)(C)O1. The van der Waals surface area contributed by atoms with Crippen molar-refractivity contribution in [3.05, 3.63) is 0 Å². The summed E-state index contributed by atoms with van der Waals surface area (Å²) in [7, 11) is 1.06. The molecule has 0 amide bonds. The number of carbonyl (C=O) groups excluding carboxylic acids is 1. The molecule has 16 heavy (non-hydrogen) atoms. The van der Waals surface area contributed by atoms with Crippen molar-refractivity contribution in [2.24, 2.45) is 0 Å². The third-order valence-electron chi connectivity index (χ3n) is 2.52. The van der Waals surface area contributed by atoms with E-state index in [9.17, 15) is 14.3 Å². The highest BCUT2D eigenvalue weighted by molar-refractivity contribution is 5.79. The first-order valence-electron chi connectivity index (χ1n) is 4.98. The number of esters is 1. The molecule has 3 atom stereocenters. The molecule has 1 fully saturated rings. The minimum absolute atomic E-state index is 0.0324. The molecule has 0 spiro atoms. The fraction of sp³-hybridized carbons (Fsp3) is 0.900. The van der Waals surface area contributed by atoms with Gasteiger partial charge in [0.1, 0.15) is 12.2 Å². The Morgan fingerprint density at radius 1 is 1.69 bits per heavy atom. The summed E-state index contributed by atoms with van der Waals surface area (Å²) in [6.45, 7) is 4.28. The van der Waals surface area contributed by atoms with Gasteiger partial charge in [-0.15, -0.1) is 0 Å². The number of rotatable bonds is 3. The third kappa shape index (κ3) is 2.50. The second kappa shape index (κ2) is 4.27. The quantitative estimate of drug-likeness (QED) is 0.718. The second-order valence-electron chi connectivity index (χ2n) is 4.38. The highest BCUT2D eigenvalue weighted by Crippen LogP contribution is 2.30. The molecule has 5 nitrogen and oxygen atoms in total. The zero-order valence-electron chi connectivity index (χ0n) is 9.82. The molecule has 0 aromatic heterocycles. The molecular formula is C10H17FO5. The minimum Gasteiger partial charge on any atom is -0.467 e. The number of hydrogen-bond donors (Lipinski definition) is 1. The summed E-state index contributed by atoms with van der Waals surface area (Å²) < 4.78 is 28.7. The maximum absolute atomic E-state index is 13.9. The van der Waals surface area contributed by atoms with E-state index in [0.717, 1.165) is 14.0 Å². The molecule has 1 rings (SSSR count). The van der Waals surface area contributed by atoms with E-state index in [0.29, 0.717) is 0 Å². The molecule has 2 unspecified atom stereocenters. The van der Waals surface area contributed by atoms with Gasteiger partial charge >= 0.3 is 5.97 Å². The molecule has 1 aliphatic heterocycles. The molecule has 0 bridgehead atoms. The zero-order chi connectivity index (χ0) is 12.6. The van der Waals surface area contributed by atoms with Crippen LogP contribution in [0.2, 0.25) is 0 Å². The van der Waals surface area contributed by atoms with Crippen LogP contribution in [-0.4, -0.2) is 48.5 Å². The van der Waals surface area contributed by atoms with Crippen molar-refractivity contribution in [2.45, 2.75) is 44.4 Å². The van der Waals surface area contributed by atoms with Crippen LogP contribution in [0.1, 0.15) is 20.8 Å². The van der Waals surface area contributed by atoms with Crippen LogP contribution < -0.4 is 0 Å². The maximum Gasteiger partial charge on any atom is 0.346 e. The van der Waals surface area contributed by atoms with Gasteiger partial charge in [-0.1, -0.05) is 0 Å². The van der Waals surface area contributed by atoms with Crippen LogP contribution in [0.5, 0.6) is 0 Å². The van der Waals surface area contributed by atoms with Gasteiger partial charge in [-0.25, -0.2) is 9.18 Å². The Hall–Kier alpha value is -0.720. The van der Waals surface area contributed by atoms with E-state index in [1.807, 2.05) is 0 Å². The molecule has 1 heterocycles. The molecule has 1 N–H and O–H groups in total. The molecule has 6 heteroatoms. The lowest BCUT2D eigenvalue weighted by Crippen LogP contribution is -2.51. The lowest BCUT2D eigenvalue weighted by atomic mass is 9.97. The van der Waals surface area contributed by atoms with Gasteiger partial charge in [-0.3, -0.25) is 0 Å². The number of ether oxygens (including phenoxy) is 3. The second-order valence-corrected chi connectivity index (χ2v) is 4.38. The summed E-state index contributed by atoms with van der Waals surface area (Å²) >= 11 is 0. The fourth-order valence-corrected chi connectivity index (χ4v) is 1.54. The van der Waals surface area contributed by atoms with E-state index in [2.05, 4.69) is 4.74 Å². The Morgan fingerprint density at radius 2 is 2.25 bits per heavy atom. The summed E-state index contributed by atoms with van der Waals surface area (Å²) in [4.78, 5) is 11.1. The molecule has 1 saturated heterocycles. The first-order valence-corrected chi connectivity index (χ1v) is 4.98. The van der Waals surface area contributed by atoms with Crippen LogP contribution in [0.15, 0.2) is 0 Å². The van der Waals surface area contributed by atoms with Gasteiger partial charge in [0.25, 0.3) is 0 Å².